The largest absolute Gasteiger partial charge is 0.466 e. The first-order valence-electron chi connectivity index (χ1n) is 22.7. The van der Waals surface area contributed by atoms with Crippen LogP contribution in [0.25, 0.3) is 0 Å². The first kappa shape index (κ1) is 52.7. The summed E-state index contributed by atoms with van der Waals surface area (Å²) in [6.45, 7) is 6.95. The molecule has 0 aliphatic carbocycles. The van der Waals surface area contributed by atoms with Gasteiger partial charge in [0.25, 0.3) is 5.79 Å². The van der Waals surface area contributed by atoms with Crippen molar-refractivity contribution in [2.24, 2.45) is 0 Å². The van der Waals surface area contributed by atoms with Crippen molar-refractivity contribution >= 4 is 11.9 Å². The second-order valence-electron chi connectivity index (χ2n) is 15.9. The normalized spacial score (nSPS) is 12.3. The van der Waals surface area contributed by atoms with Gasteiger partial charge in [0.1, 0.15) is 12.7 Å². The Bertz CT molecular complexity index is 838. The predicted octanol–water partition coefficient (Wildman–Crippen LogP) is 9.60. The fourth-order valence-electron chi connectivity index (χ4n) is 6.93. The van der Waals surface area contributed by atoms with E-state index in [-0.39, 0.29) is 18.5 Å². The summed E-state index contributed by atoms with van der Waals surface area (Å²) in [5.74, 6) is -6.03. The summed E-state index contributed by atoms with van der Waals surface area (Å²) in [6, 6.07) is 0. The van der Waals surface area contributed by atoms with Crippen molar-refractivity contribution in [3.05, 3.63) is 0 Å². The molecule has 0 aliphatic heterocycles. The van der Waals surface area contributed by atoms with Gasteiger partial charge in [0, 0.05) is 25.9 Å². The number of esters is 2. The highest BCUT2D eigenvalue weighted by Crippen LogP contribution is 2.22. The van der Waals surface area contributed by atoms with E-state index in [4.69, 9.17) is 9.47 Å². The van der Waals surface area contributed by atoms with Crippen LogP contribution in [0.2, 0.25) is 0 Å². The molecule has 0 saturated carbocycles. The van der Waals surface area contributed by atoms with Crippen molar-refractivity contribution in [2.45, 2.75) is 244 Å². The molecule has 0 unspecified atom stereocenters. The molecule has 0 saturated heterocycles. The van der Waals surface area contributed by atoms with Gasteiger partial charge in [-0.25, -0.2) is 4.79 Å². The zero-order chi connectivity index (χ0) is 40.2. The molecule has 0 fully saturated rings. The quantitative estimate of drug-likeness (QED) is 0.0230. The van der Waals surface area contributed by atoms with Gasteiger partial charge in [-0.3, -0.25) is 9.69 Å². The Hall–Kier alpha value is -1.30. The summed E-state index contributed by atoms with van der Waals surface area (Å²) in [4.78, 5) is 26.4. The van der Waals surface area contributed by atoms with E-state index < -0.39 is 24.3 Å². The Kier molecular flexibility index (Phi) is 35.2. The van der Waals surface area contributed by atoms with Crippen LogP contribution in [0.15, 0.2) is 0 Å². The van der Waals surface area contributed by atoms with E-state index in [1.54, 1.807) is 0 Å². The molecule has 322 valence electrons. The molecule has 0 atom stereocenters. The Morgan fingerprint density at radius 3 is 1.43 bits per heavy atom. The van der Waals surface area contributed by atoms with Crippen LogP contribution in [-0.2, 0) is 19.1 Å². The minimum Gasteiger partial charge on any atom is -0.466 e. The molecule has 54 heavy (non-hydrogen) atoms. The Morgan fingerprint density at radius 1 is 0.537 bits per heavy atom. The maximum atomic E-state index is 12.8. The minimum absolute atomic E-state index is 0.126. The zero-order valence-corrected chi connectivity index (χ0v) is 35.3. The van der Waals surface area contributed by atoms with E-state index in [0.29, 0.717) is 64.6 Å². The summed E-state index contributed by atoms with van der Waals surface area (Å²) in [6.07, 6.45) is 30.4. The number of hydrogen-bond donors (Lipinski definition) is 5. The number of nitrogens with zero attached hydrogens (tertiary/aromatic N) is 1. The standard InChI is InChI=1S/C44H87NO9/c1-4-7-10-13-16-17-18-23-31-38-53-41(47)34-27-24-30-37-45(44(51,52)39-46)36-29-22-21-28-35-43(49,50)42(48)54-40(32-25-19-14-11-8-5-2)33-26-20-15-12-9-6-3/h40,46,49-52H,4-39H2,1-3H3. The summed E-state index contributed by atoms with van der Waals surface area (Å²) < 4.78 is 11.1. The maximum Gasteiger partial charge on any atom is 0.366 e. The van der Waals surface area contributed by atoms with Crippen molar-refractivity contribution in [1.29, 1.82) is 0 Å². The van der Waals surface area contributed by atoms with Crippen LogP contribution in [0.5, 0.6) is 0 Å². The second-order valence-corrected chi connectivity index (χ2v) is 15.9. The lowest BCUT2D eigenvalue weighted by Crippen LogP contribution is -2.52. The lowest BCUT2D eigenvalue weighted by atomic mass is 10.0. The number of aliphatic hydroxyl groups is 5. The molecular weight excluding hydrogens is 686 g/mol. The first-order valence-corrected chi connectivity index (χ1v) is 22.7. The predicted molar refractivity (Wildman–Crippen MR) is 219 cm³/mol. The van der Waals surface area contributed by atoms with Crippen LogP contribution < -0.4 is 0 Å². The van der Waals surface area contributed by atoms with Crippen LogP contribution in [0.1, 0.15) is 226 Å². The second kappa shape index (κ2) is 36.1. The molecule has 0 aromatic rings. The van der Waals surface area contributed by atoms with Crippen molar-refractivity contribution in [3.8, 4) is 0 Å². The minimum atomic E-state index is -2.53. The summed E-state index contributed by atoms with van der Waals surface area (Å²) in [5, 5.41) is 51.4. The molecule has 0 amide bonds. The van der Waals surface area contributed by atoms with Gasteiger partial charge < -0.3 is 35.0 Å². The number of hydrogen-bond acceptors (Lipinski definition) is 10. The molecule has 0 rings (SSSR count). The Morgan fingerprint density at radius 2 is 0.944 bits per heavy atom. The highest BCUT2D eigenvalue weighted by molar-refractivity contribution is 5.77. The summed E-state index contributed by atoms with van der Waals surface area (Å²) in [5.41, 5.74) is 0. The Labute approximate surface area is 331 Å². The molecular formula is C44H87NO9. The van der Waals surface area contributed by atoms with Gasteiger partial charge in [-0.2, -0.15) is 0 Å². The molecule has 0 spiro atoms. The van der Waals surface area contributed by atoms with Crippen LogP contribution in [0.4, 0.5) is 0 Å². The van der Waals surface area contributed by atoms with Gasteiger partial charge in [0.2, 0.25) is 5.91 Å². The molecule has 0 radical (unpaired) electrons. The highest BCUT2D eigenvalue weighted by Gasteiger charge is 2.36. The number of aliphatic hydroxyl groups excluding tert-OH is 1. The molecule has 0 heterocycles. The van der Waals surface area contributed by atoms with Crippen molar-refractivity contribution in [2.75, 3.05) is 26.3 Å². The maximum absolute atomic E-state index is 12.8. The van der Waals surface area contributed by atoms with Gasteiger partial charge in [-0.05, 0) is 57.8 Å². The van der Waals surface area contributed by atoms with Gasteiger partial charge in [-0.1, -0.05) is 156 Å². The molecule has 10 heteroatoms. The molecule has 10 nitrogen and oxygen atoms in total. The average Bonchev–Trinajstić information content (AvgIpc) is 3.15. The monoisotopic (exact) mass is 774 g/mol. The van der Waals surface area contributed by atoms with Crippen molar-refractivity contribution in [3.63, 3.8) is 0 Å². The van der Waals surface area contributed by atoms with Crippen LogP contribution in [0, 0.1) is 0 Å². The average molecular weight is 774 g/mol. The molecule has 0 aromatic carbocycles. The summed E-state index contributed by atoms with van der Waals surface area (Å²) >= 11 is 0. The fraction of sp³-hybridized carbons (Fsp3) is 0.955. The highest BCUT2D eigenvalue weighted by atomic mass is 16.6. The smallest absolute Gasteiger partial charge is 0.366 e. The van der Waals surface area contributed by atoms with Gasteiger partial charge in [-0.15, -0.1) is 0 Å². The van der Waals surface area contributed by atoms with Gasteiger partial charge in [0.05, 0.1) is 6.61 Å². The van der Waals surface area contributed by atoms with E-state index in [9.17, 15) is 35.1 Å². The van der Waals surface area contributed by atoms with E-state index in [1.165, 1.54) is 101 Å². The summed E-state index contributed by atoms with van der Waals surface area (Å²) in [7, 11) is 0. The van der Waals surface area contributed by atoms with E-state index >= 15 is 0 Å². The number of rotatable bonds is 41. The van der Waals surface area contributed by atoms with E-state index in [1.807, 2.05) is 0 Å². The van der Waals surface area contributed by atoms with Crippen LogP contribution in [-0.4, -0.2) is 86.5 Å². The lowest BCUT2D eigenvalue weighted by molar-refractivity contribution is -0.281. The molecule has 0 aromatic heterocycles. The third-order valence-electron chi connectivity index (χ3n) is 10.6. The molecule has 0 aliphatic rings. The Balaban J connectivity index is 4.41. The number of carbonyl (C=O) groups excluding carboxylic acids is 2. The SMILES string of the molecule is CCCCCCCCCCCOC(=O)CCCCCN(CCCCCCC(O)(O)C(=O)OC(CCCCCCCC)CCCCCCCC)C(O)(O)CO. The van der Waals surface area contributed by atoms with Crippen molar-refractivity contribution in [1.82, 2.24) is 4.90 Å². The third kappa shape index (κ3) is 30.9. The molecule has 0 bridgehead atoms. The van der Waals surface area contributed by atoms with E-state index in [2.05, 4.69) is 20.8 Å². The first-order chi connectivity index (χ1) is 26.0. The topological polar surface area (TPSA) is 157 Å². The van der Waals surface area contributed by atoms with Gasteiger partial charge in [0.15, 0.2) is 0 Å². The molecule has 5 N–H and O–H groups in total. The van der Waals surface area contributed by atoms with Crippen LogP contribution >= 0.6 is 0 Å². The lowest BCUT2D eigenvalue weighted by Gasteiger charge is -2.33. The van der Waals surface area contributed by atoms with Crippen molar-refractivity contribution < 1.29 is 44.6 Å². The number of carbonyl (C=O) groups is 2. The fourth-order valence-corrected chi connectivity index (χ4v) is 6.93. The third-order valence-corrected chi connectivity index (χ3v) is 10.6. The zero-order valence-electron chi connectivity index (χ0n) is 35.3. The number of unbranched alkanes of at least 4 members (excludes halogenated alkanes) is 23. The van der Waals surface area contributed by atoms with Crippen LogP contribution in [0.3, 0.4) is 0 Å². The van der Waals surface area contributed by atoms with E-state index in [0.717, 1.165) is 57.8 Å². The number of ether oxygens (including phenoxy) is 2. The van der Waals surface area contributed by atoms with Gasteiger partial charge >= 0.3 is 11.9 Å².